The summed E-state index contributed by atoms with van der Waals surface area (Å²) in [6.07, 6.45) is 5.21. The van der Waals surface area contributed by atoms with Gasteiger partial charge in [0.2, 0.25) is 15.8 Å². The van der Waals surface area contributed by atoms with Crippen LogP contribution in [0.1, 0.15) is 24.8 Å². The molecule has 0 spiro atoms. The molecular formula is C25H29ClN2O8S. The molecule has 3 rings (SSSR count). The average molecular weight is 553 g/mol. The Morgan fingerprint density at radius 1 is 1.00 bits per heavy atom. The van der Waals surface area contributed by atoms with Crippen molar-refractivity contribution in [1.29, 1.82) is 0 Å². The average Bonchev–Trinajstić information content (AvgIpc) is 2.91. The first-order valence-electron chi connectivity index (χ1n) is 11.4. The highest BCUT2D eigenvalue weighted by atomic mass is 35.5. The highest BCUT2D eigenvalue weighted by molar-refractivity contribution is 7.89. The molecule has 1 heterocycles. The number of amides is 1. The number of halogens is 1. The van der Waals surface area contributed by atoms with E-state index in [9.17, 15) is 18.0 Å². The fraction of sp³-hybridized carbons (Fsp3) is 0.360. The number of benzene rings is 2. The van der Waals surface area contributed by atoms with Crippen LogP contribution in [-0.4, -0.2) is 65.6 Å². The lowest BCUT2D eigenvalue weighted by atomic mass is 10.1. The molecule has 200 valence electrons. The van der Waals surface area contributed by atoms with Gasteiger partial charge >= 0.3 is 5.97 Å². The number of anilines is 1. The van der Waals surface area contributed by atoms with Crippen molar-refractivity contribution in [3.8, 4) is 17.2 Å². The van der Waals surface area contributed by atoms with Crippen LogP contribution in [-0.2, 0) is 24.3 Å². The van der Waals surface area contributed by atoms with E-state index < -0.39 is 28.5 Å². The first-order valence-corrected chi connectivity index (χ1v) is 13.3. The molecule has 0 aliphatic carbocycles. The van der Waals surface area contributed by atoms with Crippen molar-refractivity contribution < 1.29 is 37.0 Å². The largest absolute Gasteiger partial charge is 0.493 e. The van der Waals surface area contributed by atoms with Gasteiger partial charge in [0, 0.05) is 19.2 Å². The lowest BCUT2D eigenvalue weighted by Crippen LogP contribution is -2.35. The van der Waals surface area contributed by atoms with Crippen LogP contribution >= 0.6 is 11.6 Å². The maximum atomic E-state index is 12.9. The van der Waals surface area contributed by atoms with Gasteiger partial charge in [-0.05, 0) is 54.8 Å². The van der Waals surface area contributed by atoms with E-state index in [4.69, 9.17) is 30.5 Å². The van der Waals surface area contributed by atoms with Crippen LogP contribution in [0.4, 0.5) is 5.69 Å². The van der Waals surface area contributed by atoms with E-state index in [-0.39, 0.29) is 15.6 Å². The number of piperidine rings is 1. The van der Waals surface area contributed by atoms with Crippen molar-refractivity contribution in [3.63, 3.8) is 0 Å². The minimum atomic E-state index is -3.71. The number of sulfonamides is 1. The van der Waals surface area contributed by atoms with Crippen LogP contribution in [0.25, 0.3) is 6.08 Å². The maximum absolute atomic E-state index is 12.9. The van der Waals surface area contributed by atoms with Crippen molar-refractivity contribution >= 4 is 45.3 Å². The summed E-state index contributed by atoms with van der Waals surface area (Å²) in [7, 11) is 0.723. The summed E-state index contributed by atoms with van der Waals surface area (Å²) in [5, 5.41) is 2.65. The van der Waals surface area contributed by atoms with Crippen LogP contribution in [0.2, 0.25) is 5.02 Å². The Hall–Kier alpha value is -3.28. The van der Waals surface area contributed by atoms with Gasteiger partial charge in [-0.1, -0.05) is 18.0 Å². The third-order valence-electron chi connectivity index (χ3n) is 5.61. The molecule has 1 aliphatic rings. The van der Waals surface area contributed by atoms with Gasteiger partial charge in [-0.25, -0.2) is 13.2 Å². The van der Waals surface area contributed by atoms with Gasteiger partial charge in [-0.3, -0.25) is 4.79 Å². The number of ether oxygens (including phenoxy) is 4. The molecule has 1 saturated heterocycles. The van der Waals surface area contributed by atoms with E-state index in [0.29, 0.717) is 35.9 Å². The number of hydrogen-bond donors (Lipinski definition) is 1. The van der Waals surface area contributed by atoms with Crippen LogP contribution in [0.5, 0.6) is 17.2 Å². The lowest BCUT2D eigenvalue weighted by Gasteiger charge is -2.26. The van der Waals surface area contributed by atoms with Gasteiger partial charge in [-0.2, -0.15) is 4.31 Å². The summed E-state index contributed by atoms with van der Waals surface area (Å²) >= 11 is 6.16. The molecule has 1 aliphatic heterocycles. The number of rotatable bonds is 10. The fourth-order valence-corrected chi connectivity index (χ4v) is 5.46. The molecule has 0 saturated carbocycles. The van der Waals surface area contributed by atoms with Crippen LogP contribution in [0.15, 0.2) is 41.3 Å². The molecule has 0 aromatic heterocycles. The van der Waals surface area contributed by atoms with Crippen molar-refractivity contribution in [1.82, 2.24) is 4.31 Å². The zero-order chi connectivity index (χ0) is 27.0. The summed E-state index contributed by atoms with van der Waals surface area (Å²) in [6.45, 7) is 0.302. The summed E-state index contributed by atoms with van der Waals surface area (Å²) in [5.41, 5.74) is 0.683. The van der Waals surface area contributed by atoms with Gasteiger partial charge in [0.1, 0.15) is 0 Å². The predicted octanol–water partition coefficient (Wildman–Crippen LogP) is 3.74. The molecule has 10 nitrogen and oxygen atoms in total. The minimum Gasteiger partial charge on any atom is -0.493 e. The van der Waals surface area contributed by atoms with Crippen LogP contribution < -0.4 is 19.5 Å². The van der Waals surface area contributed by atoms with E-state index in [1.54, 1.807) is 12.1 Å². The molecular weight excluding hydrogens is 524 g/mol. The Morgan fingerprint density at radius 2 is 1.65 bits per heavy atom. The van der Waals surface area contributed by atoms with E-state index in [0.717, 1.165) is 25.3 Å². The molecule has 1 amide bonds. The number of esters is 1. The number of carbonyl (C=O) groups is 2. The molecule has 37 heavy (non-hydrogen) atoms. The lowest BCUT2D eigenvalue weighted by molar-refractivity contribution is -0.142. The maximum Gasteiger partial charge on any atom is 0.331 e. The van der Waals surface area contributed by atoms with Crippen molar-refractivity contribution in [2.24, 2.45) is 0 Å². The Balaban J connectivity index is 1.62. The molecule has 1 fully saturated rings. The van der Waals surface area contributed by atoms with E-state index in [1.165, 1.54) is 49.9 Å². The highest BCUT2D eigenvalue weighted by Crippen LogP contribution is 2.38. The number of carbonyl (C=O) groups excluding carboxylic acids is 2. The summed E-state index contributed by atoms with van der Waals surface area (Å²) in [6, 6.07) is 7.39. The van der Waals surface area contributed by atoms with E-state index in [2.05, 4.69) is 5.32 Å². The zero-order valence-corrected chi connectivity index (χ0v) is 22.4. The number of nitrogens with one attached hydrogen (secondary N) is 1. The van der Waals surface area contributed by atoms with Gasteiger partial charge in [-0.15, -0.1) is 0 Å². The number of nitrogens with zero attached hydrogens (tertiary/aromatic N) is 1. The van der Waals surface area contributed by atoms with Gasteiger partial charge < -0.3 is 24.3 Å². The smallest absolute Gasteiger partial charge is 0.331 e. The molecule has 1 N–H and O–H groups in total. The zero-order valence-electron chi connectivity index (χ0n) is 20.8. The van der Waals surface area contributed by atoms with Gasteiger partial charge in [0.15, 0.2) is 18.1 Å². The molecule has 0 radical (unpaired) electrons. The molecule has 2 aromatic rings. The third kappa shape index (κ3) is 7.15. The molecule has 0 bridgehead atoms. The molecule has 12 heteroatoms. The van der Waals surface area contributed by atoms with Crippen molar-refractivity contribution in [3.05, 3.63) is 47.0 Å². The van der Waals surface area contributed by atoms with Crippen LogP contribution in [0, 0.1) is 0 Å². The van der Waals surface area contributed by atoms with E-state index in [1.807, 2.05) is 0 Å². The summed E-state index contributed by atoms with van der Waals surface area (Å²) < 4.78 is 48.1. The number of methoxy groups -OCH3 is 3. The third-order valence-corrected chi connectivity index (χ3v) is 7.83. The highest BCUT2D eigenvalue weighted by Gasteiger charge is 2.26. The van der Waals surface area contributed by atoms with Crippen molar-refractivity contribution in [2.45, 2.75) is 24.2 Å². The van der Waals surface area contributed by atoms with Crippen LogP contribution in [0.3, 0.4) is 0 Å². The normalized spacial score (nSPS) is 14.3. The molecule has 0 unspecified atom stereocenters. The van der Waals surface area contributed by atoms with E-state index >= 15 is 0 Å². The summed E-state index contributed by atoms with van der Waals surface area (Å²) in [5.74, 6) is -0.209. The second-order valence-electron chi connectivity index (χ2n) is 8.05. The second-order valence-corrected chi connectivity index (χ2v) is 10.4. The Kier molecular flexibility index (Phi) is 9.79. The first kappa shape index (κ1) is 28.3. The fourth-order valence-electron chi connectivity index (χ4n) is 3.75. The second kappa shape index (κ2) is 12.8. The monoisotopic (exact) mass is 552 g/mol. The summed E-state index contributed by atoms with van der Waals surface area (Å²) in [4.78, 5) is 24.5. The molecule has 2 aromatic carbocycles. The topological polar surface area (TPSA) is 120 Å². The van der Waals surface area contributed by atoms with Gasteiger partial charge in [0.05, 0.1) is 36.9 Å². The molecule has 0 atom stereocenters. The Morgan fingerprint density at radius 3 is 2.24 bits per heavy atom. The predicted molar refractivity (Wildman–Crippen MR) is 139 cm³/mol. The standard InChI is InChI=1S/C25H29ClN2O8S/c1-33-21-13-17(14-22(34-2)25(21)35-3)7-10-24(30)36-16-23(29)27-20-15-18(8-9-19(20)26)37(31,32)28-11-5-4-6-12-28/h7-10,13-15H,4-6,11-12,16H2,1-3H3,(H,27,29). The number of hydrogen-bond acceptors (Lipinski definition) is 8. The van der Waals surface area contributed by atoms with Crippen molar-refractivity contribution in [2.75, 3.05) is 46.3 Å². The van der Waals surface area contributed by atoms with Gasteiger partial charge in [0.25, 0.3) is 5.91 Å². The Labute approximate surface area is 221 Å². The Bertz CT molecular complexity index is 1250. The minimum absolute atomic E-state index is 0.0272. The SMILES string of the molecule is COc1cc(C=CC(=O)OCC(=O)Nc2cc(S(=O)(=O)N3CCCCC3)ccc2Cl)cc(OC)c1OC. The first-order chi connectivity index (χ1) is 17.7. The quantitative estimate of drug-likeness (QED) is 0.349.